The van der Waals surface area contributed by atoms with E-state index in [-0.39, 0.29) is 0 Å². The molecule has 0 aromatic carbocycles. The van der Waals surface area contributed by atoms with Crippen molar-refractivity contribution in [3.8, 4) is 0 Å². The van der Waals surface area contributed by atoms with Crippen molar-refractivity contribution in [2.45, 2.75) is 65.2 Å². The van der Waals surface area contributed by atoms with Gasteiger partial charge in [-0.3, -0.25) is 0 Å². The number of hydrogen-bond donors (Lipinski definition) is 1. The molecule has 1 aliphatic carbocycles. The number of aliphatic hydroxyl groups is 1. The lowest BCUT2D eigenvalue weighted by molar-refractivity contribution is 0.201. The van der Waals surface area contributed by atoms with Gasteiger partial charge in [0.2, 0.25) is 0 Å². The Morgan fingerprint density at radius 2 is 1.80 bits per heavy atom. The molecule has 1 heteroatoms. The molecule has 0 heterocycles. The summed E-state index contributed by atoms with van der Waals surface area (Å²) in [5, 5.41) is 9.03. The van der Waals surface area contributed by atoms with Crippen molar-refractivity contribution in [3.63, 3.8) is 0 Å². The Balaban J connectivity index is 2.24. The summed E-state index contributed by atoms with van der Waals surface area (Å²) in [5.41, 5.74) is 0. The topological polar surface area (TPSA) is 20.2 Å². The van der Waals surface area contributed by atoms with E-state index in [0.717, 1.165) is 24.2 Å². The van der Waals surface area contributed by atoms with Crippen LogP contribution in [0.3, 0.4) is 0 Å². The highest BCUT2D eigenvalue weighted by Gasteiger charge is 2.21. The van der Waals surface area contributed by atoms with Crippen molar-refractivity contribution < 1.29 is 5.11 Å². The van der Waals surface area contributed by atoms with E-state index in [1.165, 1.54) is 44.9 Å². The SMILES string of the molecule is CCCC(CCO)CC1CCC(C)CC1. The minimum Gasteiger partial charge on any atom is -0.396 e. The maximum Gasteiger partial charge on any atom is 0.0433 e. The van der Waals surface area contributed by atoms with Crippen LogP contribution < -0.4 is 0 Å². The molecule has 90 valence electrons. The third-order valence-electron chi connectivity index (χ3n) is 4.04. The largest absolute Gasteiger partial charge is 0.396 e. The van der Waals surface area contributed by atoms with E-state index >= 15 is 0 Å². The molecule has 1 nitrogen and oxygen atoms in total. The lowest BCUT2D eigenvalue weighted by Crippen LogP contribution is -2.16. The van der Waals surface area contributed by atoms with Crippen LogP contribution in [0.25, 0.3) is 0 Å². The van der Waals surface area contributed by atoms with Gasteiger partial charge in [-0.1, -0.05) is 52.4 Å². The summed E-state index contributed by atoms with van der Waals surface area (Å²) < 4.78 is 0. The van der Waals surface area contributed by atoms with Gasteiger partial charge in [-0.15, -0.1) is 0 Å². The summed E-state index contributed by atoms with van der Waals surface area (Å²) in [5.74, 6) is 2.71. The summed E-state index contributed by atoms with van der Waals surface area (Å²) in [6, 6.07) is 0. The van der Waals surface area contributed by atoms with Crippen molar-refractivity contribution >= 4 is 0 Å². The van der Waals surface area contributed by atoms with E-state index in [1.807, 2.05) is 0 Å². The van der Waals surface area contributed by atoms with Crippen molar-refractivity contribution in [1.82, 2.24) is 0 Å². The van der Waals surface area contributed by atoms with Crippen molar-refractivity contribution in [2.75, 3.05) is 6.61 Å². The quantitative estimate of drug-likeness (QED) is 0.705. The van der Waals surface area contributed by atoms with Gasteiger partial charge in [0.05, 0.1) is 0 Å². The Hall–Kier alpha value is -0.0400. The Bertz CT molecular complexity index is 141. The van der Waals surface area contributed by atoms with E-state index < -0.39 is 0 Å². The molecule has 0 spiro atoms. The maximum absolute atomic E-state index is 9.03. The van der Waals surface area contributed by atoms with E-state index in [0.29, 0.717) is 6.61 Å². The molecular formula is C14H28O. The van der Waals surface area contributed by atoms with Crippen LogP contribution in [0.1, 0.15) is 65.2 Å². The second-order valence-electron chi connectivity index (χ2n) is 5.53. The standard InChI is InChI=1S/C14H28O/c1-3-4-13(9-10-15)11-14-7-5-12(2)6-8-14/h12-15H,3-11H2,1-2H3. The zero-order valence-electron chi connectivity index (χ0n) is 10.5. The van der Waals surface area contributed by atoms with Gasteiger partial charge in [-0.05, 0) is 30.6 Å². The summed E-state index contributed by atoms with van der Waals surface area (Å²) in [6.07, 6.45) is 10.7. The van der Waals surface area contributed by atoms with Crippen LogP contribution in [-0.4, -0.2) is 11.7 Å². The van der Waals surface area contributed by atoms with Gasteiger partial charge in [0.15, 0.2) is 0 Å². The van der Waals surface area contributed by atoms with Gasteiger partial charge in [0.1, 0.15) is 0 Å². The second-order valence-corrected chi connectivity index (χ2v) is 5.53. The summed E-state index contributed by atoms with van der Waals surface area (Å²) in [7, 11) is 0. The van der Waals surface area contributed by atoms with Crippen molar-refractivity contribution in [2.24, 2.45) is 17.8 Å². The fraction of sp³-hybridized carbons (Fsp3) is 1.00. The third kappa shape index (κ3) is 5.01. The van der Waals surface area contributed by atoms with Gasteiger partial charge in [-0.2, -0.15) is 0 Å². The first-order valence-corrected chi connectivity index (χ1v) is 6.87. The molecule has 0 aromatic rings. The number of aliphatic hydroxyl groups excluding tert-OH is 1. The summed E-state index contributed by atoms with van der Waals surface area (Å²) in [6.45, 7) is 5.02. The minimum atomic E-state index is 0.383. The van der Waals surface area contributed by atoms with Crippen LogP contribution in [0.5, 0.6) is 0 Å². The average molecular weight is 212 g/mol. The average Bonchev–Trinajstić information content (AvgIpc) is 2.22. The lowest BCUT2D eigenvalue weighted by atomic mass is 9.77. The molecule has 0 aliphatic heterocycles. The summed E-state index contributed by atoms with van der Waals surface area (Å²) >= 11 is 0. The van der Waals surface area contributed by atoms with Gasteiger partial charge in [0.25, 0.3) is 0 Å². The summed E-state index contributed by atoms with van der Waals surface area (Å²) in [4.78, 5) is 0. The molecule has 1 N–H and O–H groups in total. The fourth-order valence-corrected chi connectivity index (χ4v) is 3.01. The first-order valence-electron chi connectivity index (χ1n) is 6.87. The molecule has 1 saturated carbocycles. The van der Waals surface area contributed by atoms with Gasteiger partial charge >= 0.3 is 0 Å². The molecule has 0 bridgehead atoms. The first-order chi connectivity index (χ1) is 7.26. The minimum absolute atomic E-state index is 0.383. The molecular weight excluding hydrogens is 184 g/mol. The Kier molecular flexibility index (Phi) is 6.31. The second kappa shape index (κ2) is 7.27. The van der Waals surface area contributed by atoms with Gasteiger partial charge in [-0.25, -0.2) is 0 Å². The molecule has 15 heavy (non-hydrogen) atoms. The molecule has 1 rings (SSSR count). The number of hydrogen-bond acceptors (Lipinski definition) is 1. The molecule has 1 fully saturated rings. The van der Waals surface area contributed by atoms with Crippen LogP contribution in [0.2, 0.25) is 0 Å². The molecule has 1 unspecified atom stereocenters. The van der Waals surface area contributed by atoms with Crippen LogP contribution in [0, 0.1) is 17.8 Å². The molecule has 1 atom stereocenters. The maximum atomic E-state index is 9.03. The van der Waals surface area contributed by atoms with Gasteiger partial charge in [0, 0.05) is 6.61 Å². The van der Waals surface area contributed by atoms with E-state index in [2.05, 4.69) is 13.8 Å². The van der Waals surface area contributed by atoms with Crippen molar-refractivity contribution in [1.29, 1.82) is 0 Å². The predicted molar refractivity (Wildman–Crippen MR) is 65.8 cm³/mol. The van der Waals surface area contributed by atoms with Crippen LogP contribution in [0.4, 0.5) is 0 Å². The normalized spacial score (nSPS) is 29.0. The molecule has 0 aromatic heterocycles. The zero-order chi connectivity index (χ0) is 11.1. The fourth-order valence-electron chi connectivity index (χ4n) is 3.01. The molecule has 0 saturated heterocycles. The Morgan fingerprint density at radius 3 is 2.33 bits per heavy atom. The van der Waals surface area contributed by atoms with Crippen molar-refractivity contribution in [3.05, 3.63) is 0 Å². The first kappa shape index (κ1) is 13.0. The van der Waals surface area contributed by atoms with E-state index in [4.69, 9.17) is 5.11 Å². The highest BCUT2D eigenvalue weighted by Crippen LogP contribution is 2.34. The Labute approximate surface area is 95.3 Å². The van der Waals surface area contributed by atoms with E-state index in [9.17, 15) is 0 Å². The van der Waals surface area contributed by atoms with Crippen LogP contribution in [0.15, 0.2) is 0 Å². The lowest BCUT2D eigenvalue weighted by Gasteiger charge is -2.29. The van der Waals surface area contributed by atoms with Crippen LogP contribution in [-0.2, 0) is 0 Å². The van der Waals surface area contributed by atoms with E-state index in [1.54, 1.807) is 0 Å². The Morgan fingerprint density at radius 1 is 1.13 bits per heavy atom. The third-order valence-corrected chi connectivity index (χ3v) is 4.04. The monoisotopic (exact) mass is 212 g/mol. The molecule has 0 amide bonds. The zero-order valence-corrected chi connectivity index (χ0v) is 10.5. The molecule has 0 radical (unpaired) electrons. The smallest absolute Gasteiger partial charge is 0.0433 e. The van der Waals surface area contributed by atoms with Gasteiger partial charge < -0.3 is 5.11 Å². The highest BCUT2D eigenvalue weighted by atomic mass is 16.3. The number of rotatable bonds is 6. The molecule has 1 aliphatic rings. The predicted octanol–water partition coefficient (Wildman–Crippen LogP) is 4.00. The van der Waals surface area contributed by atoms with Crippen LogP contribution >= 0.6 is 0 Å². The highest BCUT2D eigenvalue weighted by molar-refractivity contribution is 4.73.